The molecule has 1 aliphatic rings. The maximum Gasteiger partial charge on any atom is 0.159 e. The van der Waals surface area contributed by atoms with E-state index in [1.54, 1.807) is 12.4 Å². The van der Waals surface area contributed by atoms with Crippen molar-refractivity contribution in [3.8, 4) is 22.6 Å². The Morgan fingerprint density at radius 3 is 2.81 bits per heavy atom. The molecule has 0 unspecified atom stereocenters. The van der Waals surface area contributed by atoms with Crippen LogP contribution in [0.2, 0.25) is 0 Å². The van der Waals surface area contributed by atoms with Crippen LogP contribution in [0.1, 0.15) is 31.2 Å². The first kappa shape index (κ1) is 19.1. The number of fused-ring (bicyclic) bond motifs is 2. The predicted octanol–water partition coefficient (Wildman–Crippen LogP) is 4.24. The van der Waals surface area contributed by atoms with Crippen molar-refractivity contribution in [2.45, 2.75) is 32.2 Å². The van der Waals surface area contributed by atoms with Gasteiger partial charge in [0.1, 0.15) is 5.69 Å². The van der Waals surface area contributed by atoms with Gasteiger partial charge in [0.05, 0.1) is 22.6 Å². The first-order valence-corrected chi connectivity index (χ1v) is 11.1. The van der Waals surface area contributed by atoms with E-state index in [1.807, 2.05) is 24.7 Å². The molecule has 160 valence electrons. The molecule has 0 saturated heterocycles. The first-order valence-electron chi connectivity index (χ1n) is 11.1. The lowest BCUT2D eigenvalue weighted by Crippen LogP contribution is -2.20. The molecule has 0 bridgehead atoms. The van der Waals surface area contributed by atoms with Gasteiger partial charge in [0.15, 0.2) is 11.5 Å². The molecule has 1 aliphatic carbocycles. The fourth-order valence-corrected chi connectivity index (χ4v) is 4.59. The maximum atomic E-state index is 4.66. The van der Waals surface area contributed by atoms with Crippen molar-refractivity contribution in [2.75, 3.05) is 6.54 Å². The zero-order chi connectivity index (χ0) is 21.3. The van der Waals surface area contributed by atoms with Crippen LogP contribution in [0.3, 0.4) is 0 Å². The Balaban J connectivity index is 1.28. The van der Waals surface area contributed by atoms with Crippen molar-refractivity contribution in [2.24, 2.45) is 5.92 Å². The van der Waals surface area contributed by atoms with Gasteiger partial charge in [-0.05, 0) is 49.1 Å². The molecule has 5 aromatic heterocycles. The van der Waals surface area contributed by atoms with Gasteiger partial charge >= 0.3 is 0 Å². The van der Waals surface area contributed by atoms with E-state index < -0.39 is 0 Å². The first-order chi connectivity index (χ1) is 15.8. The van der Waals surface area contributed by atoms with Gasteiger partial charge in [-0.1, -0.05) is 12.8 Å². The van der Waals surface area contributed by atoms with Crippen LogP contribution in [0.5, 0.6) is 0 Å². The van der Waals surface area contributed by atoms with Crippen LogP contribution in [-0.4, -0.2) is 41.7 Å². The summed E-state index contributed by atoms with van der Waals surface area (Å²) >= 11 is 0. The van der Waals surface area contributed by atoms with Gasteiger partial charge < -0.3 is 10.3 Å². The summed E-state index contributed by atoms with van der Waals surface area (Å²) in [6, 6.07) is 6.16. The van der Waals surface area contributed by atoms with E-state index in [0.717, 1.165) is 57.9 Å². The quantitative estimate of drug-likeness (QED) is 0.376. The summed E-state index contributed by atoms with van der Waals surface area (Å²) in [5, 5.41) is 12.0. The Labute approximate surface area is 184 Å². The molecule has 5 aromatic rings. The topological polar surface area (TPSA) is 108 Å². The summed E-state index contributed by atoms with van der Waals surface area (Å²) in [6.45, 7) is 1.92. The molecule has 32 heavy (non-hydrogen) atoms. The largest absolute Gasteiger partial charge is 0.335 e. The zero-order valence-electron chi connectivity index (χ0n) is 17.7. The summed E-state index contributed by atoms with van der Waals surface area (Å²) in [7, 11) is 0. The van der Waals surface area contributed by atoms with E-state index in [2.05, 4.69) is 52.6 Å². The third-order valence-electron chi connectivity index (χ3n) is 6.29. The lowest BCUT2D eigenvalue weighted by Gasteiger charge is -2.11. The lowest BCUT2D eigenvalue weighted by molar-refractivity contribution is 0.489. The monoisotopic (exact) mass is 424 g/mol. The van der Waals surface area contributed by atoms with Gasteiger partial charge in [0.2, 0.25) is 0 Å². The fourth-order valence-electron chi connectivity index (χ4n) is 4.59. The number of aromatic amines is 2. The highest BCUT2D eigenvalue weighted by molar-refractivity contribution is 5.93. The molecule has 8 nitrogen and oxygen atoms in total. The molecule has 3 N–H and O–H groups in total. The summed E-state index contributed by atoms with van der Waals surface area (Å²) < 4.78 is 0. The van der Waals surface area contributed by atoms with Crippen LogP contribution in [0.4, 0.5) is 0 Å². The van der Waals surface area contributed by atoms with Crippen LogP contribution >= 0.6 is 0 Å². The van der Waals surface area contributed by atoms with Crippen molar-refractivity contribution < 1.29 is 0 Å². The smallest absolute Gasteiger partial charge is 0.159 e. The zero-order valence-corrected chi connectivity index (χ0v) is 17.7. The second-order valence-corrected chi connectivity index (χ2v) is 8.53. The van der Waals surface area contributed by atoms with Gasteiger partial charge in [-0.15, -0.1) is 0 Å². The lowest BCUT2D eigenvalue weighted by atomic mass is 10.1. The summed E-state index contributed by atoms with van der Waals surface area (Å²) in [4.78, 5) is 21.2. The Kier molecular flexibility index (Phi) is 4.84. The number of nitrogens with one attached hydrogen (secondary N) is 3. The molecule has 0 radical (unpaired) electrons. The van der Waals surface area contributed by atoms with E-state index in [-0.39, 0.29) is 0 Å². The van der Waals surface area contributed by atoms with Gasteiger partial charge in [0.25, 0.3) is 0 Å². The number of nitrogens with zero attached hydrogens (tertiary/aromatic N) is 5. The molecule has 1 fully saturated rings. The molecule has 0 aliphatic heterocycles. The van der Waals surface area contributed by atoms with E-state index in [9.17, 15) is 0 Å². The minimum atomic E-state index is 0.696. The molecule has 0 spiro atoms. The van der Waals surface area contributed by atoms with E-state index in [0.29, 0.717) is 5.82 Å². The van der Waals surface area contributed by atoms with Gasteiger partial charge in [0, 0.05) is 42.5 Å². The number of H-pyrrole nitrogens is 2. The molecule has 0 amide bonds. The Bertz CT molecular complexity index is 1350. The van der Waals surface area contributed by atoms with Gasteiger partial charge in [-0.25, -0.2) is 9.97 Å². The van der Waals surface area contributed by atoms with Gasteiger partial charge in [-0.2, -0.15) is 5.10 Å². The van der Waals surface area contributed by atoms with Crippen molar-refractivity contribution in [3.05, 3.63) is 54.7 Å². The molecule has 8 heteroatoms. The number of imidazole rings is 1. The number of aromatic nitrogens is 7. The number of hydrogen-bond donors (Lipinski definition) is 3. The second kappa shape index (κ2) is 8.12. The summed E-state index contributed by atoms with van der Waals surface area (Å²) in [6.07, 6.45) is 14.6. The third kappa shape index (κ3) is 3.62. The molecule has 5 heterocycles. The van der Waals surface area contributed by atoms with Crippen molar-refractivity contribution in [1.29, 1.82) is 0 Å². The average Bonchev–Trinajstić information content (AvgIpc) is 3.58. The van der Waals surface area contributed by atoms with Crippen LogP contribution in [-0.2, 0) is 6.54 Å². The number of pyridine rings is 3. The predicted molar refractivity (Wildman–Crippen MR) is 124 cm³/mol. The standard InChI is InChI=1S/C24H24N8/c1-2-4-15(3-1)9-26-10-16-7-17(12-27-11-16)18-8-19-22(31-32-23(19)28-13-18)24-29-20-5-6-25-14-21(20)30-24/h5-8,11-15,26H,1-4,9-10H2,(H,29,30)(H,28,31,32). The van der Waals surface area contributed by atoms with E-state index in [4.69, 9.17) is 0 Å². The highest BCUT2D eigenvalue weighted by Gasteiger charge is 2.16. The van der Waals surface area contributed by atoms with Crippen molar-refractivity contribution in [3.63, 3.8) is 0 Å². The highest BCUT2D eigenvalue weighted by atomic mass is 15.2. The summed E-state index contributed by atoms with van der Waals surface area (Å²) in [5.41, 5.74) is 6.43. The average molecular weight is 425 g/mol. The maximum absolute atomic E-state index is 4.66. The molecule has 1 saturated carbocycles. The number of hydrogen-bond acceptors (Lipinski definition) is 6. The SMILES string of the molecule is c1cc2nc(-c3n[nH]c4ncc(-c5cncc(CNCC6CCCC6)c5)cc34)[nH]c2cn1. The Morgan fingerprint density at radius 1 is 1.00 bits per heavy atom. The van der Waals surface area contributed by atoms with Crippen LogP contribution in [0, 0.1) is 5.92 Å². The van der Waals surface area contributed by atoms with Gasteiger partial charge in [-0.3, -0.25) is 15.1 Å². The Hall–Kier alpha value is -3.65. The molecule has 0 aromatic carbocycles. The molecular formula is C24H24N8. The van der Waals surface area contributed by atoms with E-state index in [1.165, 1.54) is 31.2 Å². The summed E-state index contributed by atoms with van der Waals surface area (Å²) in [5.74, 6) is 1.52. The molecular weight excluding hydrogens is 400 g/mol. The minimum Gasteiger partial charge on any atom is -0.335 e. The molecule has 6 rings (SSSR count). The minimum absolute atomic E-state index is 0.696. The molecule has 0 atom stereocenters. The van der Waals surface area contributed by atoms with Crippen LogP contribution < -0.4 is 5.32 Å². The van der Waals surface area contributed by atoms with Crippen molar-refractivity contribution >= 4 is 22.1 Å². The number of rotatable bonds is 6. The normalized spacial score (nSPS) is 14.6. The van der Waals surface area contributed by atoms with Crippen LogP contribution in [0.15, 0.2) is 49.2 Å². The highest BCUT2D eigenvalue weighted by Crippen LogP contribution is 2.29. The Morgan fingerprint density at radius 2 is 1.91 bits per heavy atom. The third-order valence-corrected chi connectivity index (χ3v) is 6.29. The second-order valence-electron chi connectivity index (χ2n) is 8.53. The van der Waals surface area contributed by atoms with Crippen LogP contribution in [0.25, 0.3) is 44.7 Å². The van der Waals surface area contributed by atoms with E-state index >= 15 is 0 Å². The van der Waals surface area contributed by atoms with Crippen molar-refractivity contribution in [1.82, 2.24) is 40.4 Å². The fraction of sp³-hybridized carbons (Fsp3) is 0.292.